The van der Waals surface area contributed by atoms with Crippen molar-refractivity contribution in [1.29, 1.82) is 0 Å². The molecule has 0 spiro atoms. The molecule has 2 rings (SSSR count). The van der Waals surface area contributed by atoms with Crippen molar-refractivity contribution in [3.63, 3.8) is 0 Å². The first-order valence-corrected chi connectivity index (χ1v) is 5.49. The Morgan fingerprint density at radius 3 is 3.07 bits per heavy atom. The van der Waals surface area contributed by atoms with Gasteiger partial charge in [-0.2, -0.15) is 0 Å². The largest absolute Gasteiger partial charge is 0.385 e. The van der Waals surface area contributed by atoms with Crippen molar-refractivity contribution in [2.75, 3.05) is 13.1 Å². The van der Waals surface area contributed by atoms with E-state index in [0.717, 1.165) is 30.6 Å². The number of rotatable bonds is 1. The fourth-order valence-electron chi connectivity index (χ4n) is 2.33. The molecule has 1 aromatic rings. The summed E-state index contributed by atoms with van der Waals surface area (Å²) in [6.45, 7) is 5.85. The molecule has 1 fully saturated rings. The van der Waals surface area contributed by atoms with Gasteiger partial charge in [-0.25, -0.2) is 0 Å². The second-order valence-corrected chi connectivity index (χ2v) is 4.47. The van der Waals surface area contributed by atoms with Crippen molar-refractivity contribution < 1.29 is 5.11 Å². The van der Waals surface area contributed by atoms with Crippen LogP contribution in [-0.2, 0) is 5.60 Å². The molecular weight excluding hydrogens is 188 g/mol. The number of aromatic nitrogens is 1. The normalized spacial score (nSPS) is 31.5. The van der Waals surface area contributed by atoms with Crippen LogP contribution in [0.3, 0.4) is 0 Å². The molecule has 1 aliphatic heterocycles. The Kier molecular flexibility index (Phi) is 2.76. The van der Waals surface area contributed by atoms with Crippen molar-refractivity contribution in [3.05, 3.63) is 29.6 Å². The summed E-state index contributed by atoms with van der Waals surface area (Å²) in [7, 11) is 0. The lowest BCUT2D eigenvalue weighted by Crippen LogP contribution is -2.47. The van der Waals surface area contributed by atoms with E-state index in [9.17, 15) is 5.11 Å². The number of nitrogens with one attached hydrogen (secondary N) is 1. The lowest BCUT2D eigenvalue weighted by molar-refractivity contribution is -0.0399. The number of hydrogen-bond acceptors (Lipinski definition) is 3. The van der Waals surface area contributed by atoms with E-state index in [1.54, 1.807) is 12.4 Å². The maximum Gasteiger partial charge on any atom is 0.0963 e. The second kappa shape index (κ2) is 3.91. The fourth-order valence-corrected chi connectivity index (χ4v) is 2.33. The molecule has 82 valence electrons. The smallest absolute Gasteiger partial charge is 0.0963 e. The number of hydrogen-bond donors (Lipinski definition) is 2. The SMILES string of the molecule is Cc1ccncc1C1(O)CCNCC1C. The zero-order valence-electron chi connectivity index (χ0n) is 9.33. The average molecular weight is 206 g/mol. The van der Waals surface area contributed by atoms with Gasteiger partial charge < -0.3 is 10.4 Å². The Hall–Kier alpha value is -0.930. The van der Waals surface area contributed by atoms with Gasteiger partial charge in [-0.05, 0) is 31.5 Å². The number of aryl methyl sites for hydroxylation is 1. The van der Waals surface area contributed by atoms with E-state index in [-0.39, 0.29) is 5.92 Å². The lowest BCUT2D eigenvalue weighted by atomic mass is 9.77. The first-order valence-electron chi connectivity index (χ1n) is 5.49. The maximum atomic E-state index is 10.7. The Labute approximate surface area is 90.5 Å². The van der Waals surface area contributed by atoms with Gasteiger partial charge in [0.2, 0.25) is 0 Å². The number of nitrogens with zero attached hydrogens (tertiary/aromatic N) is 1. The third-order valence-electron chi connectivity index (χ3n) is 3.45. The predicted octanol–water partition coefficient (Wildman–Crippen LogP) is 1.21. The van der Waals surface area contributed by atoms with Gasteiger partial charge in [-0.1, -0.05) is 6.92 Å². The summed E-state index contributed by atoms with van der Waals surface area (Å²) in [5, 5.41) is 14.0. The lowest BCUT2D eigenvalue weighted by Gasteiger charge is -2.39. The molecule has 2 heterocycles. The highest BCUT2D eigenvalue weighted by Crippen LogP contribution is 2.35. The standard InChI is InChI=1S/C12H18N2O/c1-9-3-5-13-8-11(9)12(15)4-6-14-7-10(12)2/h3,5,8,10,14-15H,4,6-7H2,1-2H3. The average Bonchev–Trinajstić information content (AvgIpc) is 2.23. The minimum Gasteiger partial charge on any atom is -0.385 e. The van der Waals surface area contributed by atoms with E-state index in [0.29, 0.717) is 0 Å². The Morgan fingerprint density at radius 2 is 2.40 bits per heavy atom. The van der Waals surface area contributed by atoms with Crippen molar-refractivity contribution in [2.24, 2.45) is 5.92 Å². The molecule has 2 N–H and O–H groups in total. The quantitative estimate of drug-likeness (QED) is 0.726. The minimum absolute atomic E-state index is 0.231. The molecule has 0 aromatic carbocycles. The summed E-state index contributed by atoms with van der Waals surface area (Å²) in [5.74, 6) is 0.231. The molecule has 2 unspecified atom stereocenters. The minimum atomic E-state index is -0.705. The zero-order chi connectivity index (χ0) is 10.9. The van der Waals surface area contributed by atoms with Gasteiger partial charge >= 0.3 is 0 Å². The molecule has 0 saturated carbocycles. The molecule has 3 nitrogen and oxygen atoms in total. The van der Waals surface area contributed by atoms with Crippen molar-refractivity contribution in [3.8, 4) is 0 Å². The zero-order valence-corrected chi connectivity index (χ0v) is 9.33. The fraction of sp³-hybridized carbons (Fsp3) is 0.583. The van der Waals surface area contributed by atoms with Gasteiger partial charge in [-0.3, -0.25) is 4.98 Å². The summed E-state index contributed by atoms with van der Waals surface area (Å²) < 4.78 is 0. The Balaban J connectivity index is 2.39. The molecule has 0 radical (unpaired) electrons. The van der Waals surface area contributed by atoms with E-state index < -0.39 is 5.60 Å². The van der Waals surface area contributed by atoms with Crippen LogP contribution < -0.4 is 5.32 Å². The molecule has 3 heteroatoms. The van der Waals surface area contributed by atoms with Gasteiger partial charge in [-0.15, -0.1) is 0 Å². The Bertz CT molecular complexity index is 353. The van der Waals surface area contributed by atoms with Crippen LogP contribution in [-0.4, -0.2) is 23.2 Å². The van der Waals surface area contributed by atoms with E-state index >= 15 is 0 Å². The number of pyridine rings is 1. The summed E-state index contributed by atoms with van der Waals surface area (Å²) in [6.07, 6.45) is 4.34. The molecule has 1 aliphatic rings. The van der Waals surface area contributed by atoms with Crippen LogP contribution >= 0.6 is 0 Å². The van der Waals surface area contributed by atoms with Crippen LogP contribution in [0.1, 0.15) is 24.5 Å². The van der Waals surface area contributed by atoms with Crippen LogP contribution in [0.2, 0.25) is 0 Å². The van der Waals surface area contributed by atoms with Gasteiger partial charge in [0.1, 0.15) is 0 Å². The first-order chi connectivity index (χ1) is 7.14. The molecule has 2 atom stereocenters. The van der Waals surface area contributed by atoms with Crippen LogP contribution in [0.5, 0.6) is 0 Å². The first kappa shape index (κ1) is 10.6. The van der Waals surface area contributed by atoms with Crippen LogP contribution in [0.25, 0.3) is 0 Å². The molecule has 15 heavy (non-hydrogen) atoms. The highest BCUT2D eigenvalue weighted by atomic mass is 16.3. The van der Waals surface area contributed by atoms with Gasteiger partial charge in [0.05, 0.1) is 5.60 Å². The van der Waals surface area contributed by atoms with E-state index in [2.05, 4.69) is 17.2 Å². The molecular formula is C12H18N2O. The van der Waals surface area contributed by atoms with Crippen molar-refractivity contribution >= 4 is 0 Å². The summed E-state index contributed by atoms with van der Waals surface area (Å²) in [4.78, 5) is 4.12. The van der Waals surface area contributed by atoms with Gasteiger partial charge in [0.25, 0.3) is 0 Å². The van der Waals surface area contributed by atoms with Gasteiger partial charge in [0, 0.05) is 30.4 Å². The van der Waals surface area contributed by atoms with Crippen LogP contribution in [0, 0.1) is 12.8 Å². The summed E-state index contributed by atoms with van der Waals surface area (Å²) in [5.41, 5.74) is 1.41. The maximum absolute atomic E-state index is 10.7. The summed E-state index contributed by atoms with van der Waals surface area (Å²) >= 11 is 0. The van der Waals surface area contributed by atoms with Crippen molar-refractivity contribution in [2.45, 2.75) is 25.9 Å². The predicted molar refractivity (Wildman–Crippen MR) is 59.5 cm³/mol. The highest BCUT2D eigenvalue weighted by Gasteiger charge is 2.38. The van der Waals surface area contributed by atoms with E-state index in [4.69, 9.17) is 0 Å². The Morgan fingerprint density at radius 1 is 1.60 bits per heavy atom. The third kappa shape index (κ3) is 1.77. The highest BCUT2D eigenvalue weighted by molar-refractivity contribution is 5.29. The second-order valence-electron chi connectivity index (χ2n) is 4.47. The van der Waals surface area contributed by atoms with Crippen LogP contribution in [0.15, 0.2) is 18.5 Å². The van der Waals surface area contributed by atoms with E-state index in [1.165, 1.54) is 0 Å². The topological polar surface area (TPSA) is 45.2 Å². The molecule has 1 saturated heterocycles. The van der Waals surface area contributed by atoms with Gasteiger partial charge in [0.15, 0.2) is 0 Å². The monoisotopic (exact) mass is 206 g/mol. The molecule has 0 bridgehead atoms. The van der Waals surface area contributed by atoms with Crippen molar-refractivity contribution in [1.82, 2.24) is 10.3 Å². The van der Waals surface area contributed by atoms with E-state index in [1.807, 2.05) is 13.0 Å². The summed E-state index contributed by atoms with van der Waals surface area (Å²) in [6, 6.07) is 1.96. The third-order valence-corrected chi connectivity index (χ3v) is 3.45. The van der Waals surface area contributed by atoms with Crippen LogP contribution in [0.4, 0.5) is 0 Å². The molecule has 1 aromatic heterocycles. The molecule has 0 aliphatic carbocycles. The number of piperidine rings is 1. The number of aliphatic hydroxyl groups is 1. The molecule has 0 amide bonds.